The van der Waals surface area contributed by atoms with Gasteiger partial charge in [0.05, 0.1) is 17.3 Å². The van der Waals surface area contributed by atoms with Crippen LogP contribution in [0.1, 0.15) is 11.9 Å². The summed E-state index contributed by atoms with van der Waals surface area (Å²) in [5.74, 6) is 0.812. The maximum atomic E-state index is 6.03. The molecule has 2 aromatic rings. The van der Waals surface area contributed by atoms with Crippen LogP contribution in [-0.2, 0) is 6.42 Å². The number of thiazole rings is 1. The minimum atomic E-state index is 0.612. The largest absolute Gasteiger partial charge is 0.493 e. The molecular weight excluding hydrogens is 268 g/mol. The molecule has 0 fully saturated rings. The van der Waals surface area contributed by atoms with E-state index in [1.54, 1.807) is 11.3 Å². The van der Waals surface area contributed by atoms with Crippen molar-refractivity contribution in [2.45, 2.75) is 13.3 Å². The Labute approximate surface area is 116 Å². The molecule has 5 heteroatoms. The normalized spacial score (nSPS) is 10.6. The summed E-state index contributed by atoms with van der Waals surface area (Å²) in [5.41, 5.74) is 7.36. The van der Waals surface area contributed by atoms with Gasteiger partial charge in [0.2, 0.25) is 0 Å². The second-order valence-corrected chi connectivity index (χ2v) is 5.12. The first-order valence-corrected chi connectivity index (χ1v) is 7.07. The number of hydrogen-bond donors (Lipinski definition) is 1. The Morgan fingerprint density at radius 1 is 1.44 bits per heavy atom. The smallest absolute Gasteiger partial charge is 0.128 e. The third kappa shape index (κ3) is 3.02. The molecule has 0 saturated carbocycles. The van der Waals surface area contributed by atoms with Crippen molar-refractivity contribution in [3.8, 4) is 17.0 Å². The molecule has 0 unspecified atom stereocenters. The number of halogens is 1. The van der Waals surface area contributed by atoms with Crippen LogP contribution in [0.4, 0.5) is 0 Å². The molecule has 2 rings (SSSR count). The molecule has 0 aliphatic rings. The van der Waals surface area contributed by atoms with Gasteiger partial charge in [0.1, 0.15) is 5.75 Å². The molecular formula is C13H15ClN2OS. The number of nitrogens with zero attached hydrogens (tertiary/aromatic N) is 1. The van der Waals surface area contributed by atoms with E-state index in [-0.39, 0.29) is 0 Å². The minimum absolute atomic E-state index is 0.612. The Bertz CT molecular complexity index is 527. The fraction of sp³-hybridized carbons (Fsp3) is 0.308. The second kappa shape index (κ2) is 6.18. The topological polar surface area (TPSA) is 48.1 Å². The predicted molar refractivity (Wildman–Crippen MR) is 76.5 cm³/mol. The third-order valence-corrected chi connectivity index (χ3v) is 3.57. The predicted octanol–water partition coefficient (Wildman–Crippen LogP) is 3.36. The first-order chi connectivity index (χ1) is 8.74. The molecule has 1 aromatic heterocycles. The van der Waals surface area contributed by atoms with E-state index in [4.69, 9.17) is 22.1 Å². The molecule has 0 saturated heterocycles. The summed E-state index contributed by atoms with van der Waals surface area (Å²) in [7, 11) is 0. The lowest BCUT2D eigenvalue weighted by Crippen LogP contribution is -2.02. The Kier molecular flexibility index (Phi) is 4.58. The summed E-state index contributed by atoms with van der Waals surface area (Å²) in [6.07, 6.45) is 0.801. The SMILES string of the molecule is CCOc1ccc(Cl)cc1-c1csc(CCN)n1. The molecule has 0 bridgehead atoms. The molecule has 1 aromatic carbocycles. The Morgan fingerprint density at radius 3 is 3.00 bits per heavy atom. The zero-order valence-corrected chi connectivity index (χ0v) is 11.7. The molecule has 2 N–H and O–H groups in total. The molecule has 0 radical (unpaired) electrons. The molecule has 0 amide bonds. The summed E-state index contributed by atoms with van der Waals surface area (Å²) in [5, 5.41) is 3.73. The zero-order chi connectivity index (χ0) is 13.0. The molecule has 0 spiro atoms. The van der Waals surface area contributed by atoms with Gasteiger partial charge in [-0.05, 0) is 31.7 Å². The van der Waals surface area contributed by atoms with Crippen LogP contribution in [0, 0.1) is 0 Å². The minimum Gasteiger partial charge on any atom is -0.493 e. The van der Waals surface area contributed by atoms with Crippen LogP contribution in [0.15, 0.2) is 23.6 Å². The van der Waals surface area contributed by atoms with E-state index >= 15 is 0 Å². The average molecular weight is 283 g/mol. The van der Waals surface area contributed by atoms with Crippen molar-refractivity contribution < 1.29 is 4.74 Å². The molecule has 0 aliphatic carbocycles. The maximum absolute atomic E-state index is 6.03. The van der Waals surface area contributed by atoms with Gasteiger partial charge in [-0.3, -0.25) is 0 Å². The van der Waals surface area contributed by atoms with E-state index in [1.807, 2.05) is 30.5 Å². The monoisotopic (exact) mass is 282 g/mol. The van der Waals surface area contributed by atoms with Crippen LogP contribution in [-0.4, -0.2) is 18.1 Å². The molecule has 0 aliphatic heterocycles. The highest BCUT2D eigenvalue weighted by Gasteiger charge is 2.10. The Hall–Kier alpha value is -1.10. The van der Waals surface area contributed by atoms with Gasteiger partial charge in [-0.2, -0.15) is 0 Å². The second-order valence-electron chi connectivity index (χ2n) is 3.74. The fourth-order valence-electron chi connectivity index (χ4n) is 1.66. The van der Waals surface area contributed by atoms with E-state index in [9.17, 15) is 0 Å². The van der Waals surface area contributed by atoms with E-state index in [0.29, 0.717) is 18.2 Å². The third-order valence-electron chi connectivity index (χ3n) is 2.43. The van der Waals surface area contributed by atoms with Crippen LogP contribution in [0.25, 0.3) is 11.3 Å². The fourth-order valence-corrected chi connectivity index (χ4v) is 2.64. The van der Waals surface area contributed by atoms with Gasteiger partial charge in [0, 0.05) is 22.4 Å². The van der Waals surface area contributed by atoms with Crippen LogP contribution < -0.4 is 10.5 Å². The van der Waals surface area contributed by atoms with Crippen molar-refractivity contribution in [2.24, 2.45) is 5.73 Å². The van der Waals surface area contributed by atoms with Crippen LogP contribution in [0.3, 0.4) is 0 Å². The summed E-state index contributed by atoms with van der Waals surface area (Å²) in [6, 6.07) is 5.58. The lowest BCUT2D eigenvalue weighted by atomic mass is 10.1. The van der Waals surface area contributed by atoms with Gasteiger partial charge in [-0.1, -0.05) is 11.6 Å². The number of nitrogens with two attached hydrogens (primary N) is 1. The number of ether oxygens (including phenoxy) is 1. The number of aromatic nitrogens is 1. The maximum Gasteiger partial charge on any atom is 0.128 e. The first kappa shape index (κ1) is 13.3. The standard InChI is InChI=1S/C13H15ClN2OS/c1-2-17-12-4-3-9(14)7-10(12)11-8-18-13(16-11)5-6-15/h3-4,7-8H,2,5-6,15H2,1H3. The number of benzene rings is 1. The first-order valence-electron chi connectivity index (χ1n) is 5.81. The lowest BCUT2D eigenvalue weighted by Gasteiger charge is -2.08. The van der Waals surface area contributed by atoms with E-state index < -0.39 is 0 Å². The number of hydrogen-bond acceptors (Lipinski definition) is 4. The highest BCUT2D eigenvalue weighted by atomic mass is 35.5. The van der Waals surface area contributed by atoms with E-state index in [1.165, 1.54) is 0 Å². The van der Waals surface area contributed by atoms with E-state index in [0.717, 1.165) is 28.4 Å². The summed E-state index contributed by atoms with van der Waals surface area (Å²) in [6.45, 7) is 3.19. The highest BCUT2D eigenvalue weighted by Crippen LogP contribution is 2.33. The van der Waals surface area contributed by atoms with Crippen molar-refractivity contribution in [3.63, 3.8) is 0 Å². The van der Waals surface area contributed by atoms with Crippen molar-refractivity contribution in [3.05, 3.63) is 33.6 Å². The highest BCUT2D eigenvalue weighted by molar-refractivity contribution is 7.09. The zero-order valence-electron chi connectivity index (χ0n) is 10.1. The molecule has 3 nitrogen and oxygen atoms in total. The van der Waals surface area contributed by atoms with E-state index in [2.05, 4.69) is 4.98 Å². The van der Waals surface area contributed by atoms with Crippen LogP contribution >= 0.6 is 22.9 Å². The molecule has 18 heavy (non-hydrogen) atoms. The Morgan fingerprint density at radius 2 is 2.28 bits per heavy atom. The van der Waals surface area contributed by atoms with Gasteiger partial charge in [0.25, 0.3) is 0 Å². The summed E-state index contributed by atoms with van der Waals surface area (Å²) < 4.78 is 5.60. The van der Waals surface area contributed by atoms with Crippen molar-refractivity contribution in [2.75, 3.05) is 13.2 Å². The van der Waals surface area contributed by atoms with Gasteiger partial charge < -0.3 is 10.5 Å². The molecule has 96 valence electrons. The average Bonchev–Trinajstić information content (AvgIpc) is 2.81. The van der Waals surface area contributed by atoms with Gasteiger partial charge in [-0.25, -0.2) is 4.98 Å². The Balaban J connectivity index is 2.37. The van der Waals surface area contributed by atoms with Gasteiger partial charge >= 0.3 is 0 Å². The summed E-state index contributed by atoms with van der Waals surface area (Å²) in [4.78, 5) is 4.55. The molecule has 1 heterocycles. The number of rotatable bonds is 5. The summed E-state index contributed by atoms with van der Waals surface area (Å²) >= 11 is 7.65. The quantitative estimate of drug-likeness (QED) is 0.915. The van der Waals surface area contributed by atoms with Crippen LogP contribution in [0.2, 0.25) is 5.02 Å². The van der Waals surface area contributed by atoms with Gasteiger partial charge in [0.15, 0.2) is 0 Å². The van der Waals surface area contributed by atoms with Crippen molar-refractivity contribution in [1.82, 2.24) is 4.98 Å². The lowest BCUT2D eigenvalue weighted by molar-refractivity contribution is 0.341. The van der Waals surface area contributed by atoms with Gasteiger partial charge in [-0.15, -0.1) is 11.3 Å². The van der Waals surface area contributed by atoms with Crippen LogP contribution in [0.5, 0.6) is 5.75 Å². The van der Waals surface area contributed by atoms with Crippen molar-refractivity contribution >= 4 is 22.9 Å². The molecule has 0 atom stereocenters. The van der Waals surface area contributed by atoms with Crippen molar-refractivity contribution in [1.29, 1.82) is 0 Å².